The minimum atomic E-state index is -0.602. The van der Waals surface area contributed by atoms with Gasteiger partial charge in [-0.25, -0.2) is 15.6 Å². The van der Waals surface area contributed by atoms with Crippen molar-refractivity contribution in [3.63, 3.8) is 0 Å². The molecule has 0 radical (unpaired) electrons. The molecule has 2 rings (SSSR count). The van der Waals surface area contributed by atoms with E-state index in [9.17, 15) is 4.79 Å². The fraction of sp³-hybridized carbons (Fsp3) is 0.308. The number of nitrogens with zero attached hydrogens (tertiary/aromatic N) is 4. The molecular weight excluding hydrogens is 258 g/mol. The molecule has 0 atom stereocenters. The number of nitrogens with two attached hydrogens (primary N) is 1. The molecular formula is C13H17N5O2. The van der Waals surface area contributed by atoms with Crippen LogP contribution in [-0.4, -0.2) is 26.5 Å². The lowest BCUT2D eigenvalue weighted by molar-refractivity contribution is 0.0580. The van der Waals surface area contributed by atoms with Crippen LogP contribution in [0.5, 0.6) is 0 Å². The molecule has 7 heteroatoms. The average molecular weight is 275 g/mol. The van der Waals surface area contributed by atoms with Crippen LogP contribution in [0.3, 0.4) is 0 Å². The van der Waals surface area contributed by atoms with Gasteiger partial charge in [0.1, 0.15) is 18.3 Å². The number of hydrogen-bond acceptors (Lipinski definition) is 5. The maximum atomic E-state index is 11.8. The Kier molecular flexibility index (Phi) is 3.71. The van der Waals surface area contributed by atoms with Crippen LogP contribution in [0, 0.1) is 0 Å². The van der Waals surface area contributed by atoms with E-state index in [1.807, 2.05) is 12.1 Å². The molecule has 1 amide bonds. The van der Waals surface area contributed by atoms with Gasteiger partial charge in [-0.1, -0.05) is 0 Å². The second kappa shape index (κ2) is 5.30. The number of ether oxygens (including phenoxy) is 1. The topological polar surface area (TPSA) is 86.3 Å². The summed E-state index contributed by atoms with van der Waals surface area (Å²) in [6, 6.07) is 7.06. The number of carbonyl (C=O) groups excluding carboxylic acids is 1. The number of rotatable bonds is 2. The van der Waals surface area contributed by atoms with E-state index in [1.54, 1.807) is 50.1 Å². The Labute approximate surface area is 116 Å². The maximum absolute atomic E-state index is 11.8. The van der Waals surface area contributed by atoms with Crippen molar-refractivity contribution < 1.29 is 9.53 Å². The summed E-state index contributed by atoms with van der Waals surface area (Å²) in [6.45, 7) is 5.36. The van der Waals surface area contributed by atoms with E-state index in [2.05, 4.69) is 10.2 Å². The first-order valence-electron chi connectivity index (χ1n) is 6.10. The molecule has 0 saturated carbocycles. The Balaban J connectivity index is 2.12. The monoisotopic (exact) mass is 275 g/mol. The highest BCUT2D eigenvalue weighted by atomic mass is 16.6. The minimum absolute atomic E-state index is 0.538. The molecule has 0 aliphatic rings. The van der Waals surface area contributed by atoms with Gasteiger partial charge in [0.15, 0.2) is 0 Å². The molecule has 7 nitrogen and oxygen atoms in total. The van der Waals surface area contributed by atoms with E-state index in [0.29, 0.717) is 5.69 Å². The zero-order valence-corrected chi connectivity index (χ0v) is 11.6. The van der Waals surface area contributed by atoms with Crippen molar-refractivity contribution in [1.29, 1.82) is 0 Å². The van der Waals surface area contributed by atoms with Gasteiger partial charge in [-0.2, -0.15) is 0 Å². The van der Waals surface area contributed by atoms with E-state index in [4.69, 9.17) is 10.6 Å². The van der Waals surface area contributed by atoms with Crippen LogP contribution in [0.25, 0.3) is 5.69 Å². The predicted octanol–water partition coefficient (Wildman–Crippen LogP) is 1.88. The lowest BCUT2D eigenvalue weighted by Gasteiger charge is -2.24. The third kappa shape index (κ3) is 3.33. The summed E-state index contributed by atoms with van der Waals surface area (Å²) in [7, 11) is 0. The standard InChI is InChI=1S/C13H17N5O2/c1-13(2,3)20-12(19)18(14)11-6-4-10(5-7-11)17-8-15-16-9-17/h4-9H,14H2,1-3H3. The molecule has 106 valence electrons. The van der Waals surface area contributed by atoms with E-state index >= 15 is 0 Å². The van der Waals surface area contributed by atoms with Gasteiger partial charge in [0.2, 0.25) is 0 Å². The smallest absolute Gasteiger partial charge is 0.429 e. The minimum Gasteiger partial charge on any atom is -0.442 e. The molecule has 2 aromatic rings. The number of amides is 1. The van der Waals surface area contributed by atoms with Gasteiger partial charge >= 0.3 is 6.09 Å². The van der Waals surface area contributed by atoms with Crippen molar-refractivity contribution in [3.8, 4) is 5.69 Å². The van der Waals surface area contributed by atoms with Crippen LogP contribution >= 0.6 is 0 Å². The van der Waals surface area contributed by atoms with Crippen LogP contribution in [0.1, 0.15) is 20.8 Å². The van der Waals surface area contributed by atoms with Gasteiger partial charge < -0.3 is 4.74 Å². The highest BCUT2D eigenvalue weighted by Gasteiger charge is 2.21. The molecule has 0 aliphatic carbocycles. The Hall–Kier alpha value is -2.41. The van der Waals surface area contributed by atoms with Gasteiger partial charge in [0.05, 0.1) is 5.69 Å². The van der Waals surface area contributed by atoms with E-state index in [0.717, 1.165) is 10.7 Å². The molecule has 0 fully saturated rings. The lowest BCUT2D eigenvalue weighted by Crippen LogP contribution is -2.41. The van der Waals surface area contributed by atoms with Crippen molar-refractivity contribution in [2.45, 2.75) is 26.4 Å². The number of carbonyl (C=O) groups is 1. The number of hydrazine groups is 1. The molecule has 0 bridgehead atoms. The van der Waals surface area contributed by atoms with Gasteiger partial charge in [-0.3, -0.25) is 4.57 Å². The first-order valence-corrected chi connectivity index (χ1v) is 6.10. The first kappa shape index (κ1) is 14.0. The fourth-order valence-electron chi connectivity index (χ4n) is 1.54. The van der Waals surface area contributed by atoms with E-state index < -0.39 is 11.7 Å². The largest absolute Gasteiger partial charge is 0.442 e. The molecule has 0 unspecified atom stereocenters. The second-order valence-corrected chi connectivity index (χ2v) is 5.24. The quantitative estimate of drug-likeness (QED) is 0.514. The Morgan fingerprint density at radius 2 is 1.75 bits per heavy atom. The zero-order valence-electron chi connectivity index (χ0n) is 11.6. The highest BCUT2D eigenvalue weighted by molar-refractivity contribution is 5.86. The van der Waals surface area contributed by atoms with Crippen LogP contribution in [-0.2, 0) is 4.74 Å². The number of benzene rings is 1. The summed E-state index contributed by atoms with van der Waals surface area (Å²) in [6.07, 6.45) is 2.57. The van der Waals surface area contributed by atoms with Crippen molar-refractivity contribution in [3.05, 3.63) is 36.9 Å². The van der Waals surface area contributed by atoms with Gasteiger partial charge in [-0.05, 0) is 45.0 Å². The molecule has 0 aliphatic heterocycles. The summed E-state index contributed by atoms with van der Waals surface area (Å²) in [5.41, 5.74) is 0.823. The van der Waals surface area contributed by atoms with E-state index in [1.165, 1.54) is 0 Å². The molecule has 2 N–H and O–H groups in total. The summed E-state index contributed by atoms with van der Waals surface area (Å²) in [4.78, 5) is 11.8. The Bertz CT molecular complexity index is 572. The molecule has 0 spiro atoms. The first-order chi connectivity index (χ1) is 9.37. The molecule has 1 aromatic carbocycles. The fourth-order valence-corrected chi connectivity index (χ4v) is 1.54. The molecule has 1 heterocycles. The summed E-state index contributed by atoms with van der Waals surface area (Å²) in [5, 5.41) is 8.43. The maximum Gasteiger partial charge on any atom is 0.429 e. The lowest BCUT2D eigenvalue weighted by atomic mass is 10.2. The van der Waals surface area contributed by atoms with Gasteiger partial charge in [0, 0.05) is 5.69 Å². The number of aromatic nitrogens is 3. The zero-order chi connectivity index (χ0) is 14.8. The van der Waals surface area contributed by atoms with Crippen molar-refractivity contribution in [1.82, 2.24) is 14.8 Å². The summed E-state index contributed by atoms with van der Waals surface area (Å²) < 4.78 is 6.94. The summed E-state index contributed by atoms with van der Waals surface area (Å²) in [5.74, 6) is 5.74. The average Bonchev–Trinajstić information content (AvgIpc) is 2.90. The third-order valence-electron chi connectivity index (χ3n) is 2.43. The number of anilines is 1. The van der Waals surface area contributed by atoms with Crippen molar-refractivity contribution >= 4 is 11.8 Å². The van der Waals surface area contributed by atoms with Crippen molar-refractivity contribution in [2.24, 2.45) is 5.84 Å². The second-order valence-electron chi connectivity index (χ2n) is 5.24. The Morgan fingerprint density at radius 3 is 2.25 bits per heavy atom. The normalized spacial score (nSPS) is 11.2. The van der Waals surface area contributed by atoms with Crippen LogP contribution in [0.4, 0.5) is 10.5 Å². The summed E-state index contributed by atoms with van der Waals surface area (Å²) >= 11 is 0. The molecule has 0 saturated heterocycles. The van der Waals surface area contributed by atoms with E-state index in [-0.39, 0.29) is 0 Å². The number of hydrogen-bond donors (Lipinski definition) is 1. The molecule has 1 aromatic heterocycles. The van der Waals surface area contributed by atoms with Crippen LogP contribution in [0.15, 0.2) is 36.9 Å². The SMILES string of the molecule is CC(C)(C)OC(=O)N(N)c1ccc(-n2cnnc2)cc1. The van der Waals surface area contributed by atoms with Crippen molar-refractivity contribution in [2.75, 3.05) is 5.01 Å². The highest BCUT2D eigenvalue weighted by Crippen LogP contribution is 2.17. The van der Waals surface area contributed by atoms with Crippen LogP contribution in [0.2, 0.25) is 0 Å². The predicted molar refractivity (Wildman–Crippen MR) is 74.3 cm³/mol. The van der Waals surface area contributed by atoms with Crippen LogP contribution < -0.4 is 10.9 Å². The third-order valence-corrected chi connectivity index (χ3v) is 2.43. The van der Waals surface area contributed by atoms with Gasteiger partial charge in [0.25, 0.3) is 0 Å². The van der Waals surface area contributed by atoms with Gasteiger partial charge in [-0.15, -0.1) is 10.2 Å². The molecule has 20 heavy (non-hydrogen) atoms. The Morgan fingerprint density at radius 1 is 1.20 bits per heavy atom.